The predicted octanol–water partition coefficient (Wildman–Crippen LogP) is 15.6. The molecule has 0 aromatic heterocycles. The molecule has 0 bridgehead atoms. The zero-order valence-electron chi connectivity index (χ0n) is 38.4. The van der Waals surface area contributed by atoms with Gasteiger partial charge in [-0.15, -0.1) is 0 Å². The maximum atomic E-state index is 12.7. The number of hydrogen-bond acceptors (Lipinski definition) is 6. The van der Waals surface area contributed by atoms with Gasteiger partial charge in [0, 0.05) is 19.3 Å². The third-order valence-corrected chi connectivity index (χ3v) is 11.5. The van der Waals surface area contributed by atoms with Crippen LogP contribution in [0.25, 0.3) is 0 Å². The van der Waals surface area contributed by atoms with Crippen LogP contribution in [-0.2, 0) is 28.6 Å². The summed E-state index contributed by atoms with van der Waals surface area (Å²) in [5.74, 6) is 1.61. The average molecular weight is 793 g/mol. The number of hydrogen-bond donors (Lipinski definition) is 0. The number of unbranched alkanes of at least 4 members (excludes halogenated alkanes) is 25. The Morgan fingerprint density at radius 1 is 0.357 bits per heavy atom. The summed E-state index contributed by atoms with van der Waals surface area (Å²) in [6, 6.07) is 0. The van der Waals surface area contributed by atoms with Crippen molar-refractivity contribution in [2.45, 2.75) is 272 Å². The molecule has 0 spiro atoms. The fraction of sp³-hybridized carbons (Fsp3) is 0.940. The molecule has 0 aliphatic heterocycles. The zero-order valence-corrected chi connectivity index (χ0v) is 38.4. The molecule has 6 heteroatoms. The van der Waals surface area contributed by atoms with Crippen LogP contribution in [0.1, 0.15) is 266 Å². The number of esters is 3. The molecule has 0 aliphatic rings. The lowest BCUT2D eigenvalue weighted by Crippen LogP contribution is -2.30. The minimum atomic E-state index is -0.762. The Hall–Kier alpha value is -1.59. The van der Waals surface area contributed by atoms with E-state index in [1.165, 1.54) is 148 Å². The van der Waals surface area contributed by atoms with E-state index in [1.807, 2.05) is 0 Å². The lowest BCUT2D eigenvalue weighted by Gasteiger charge is -2.18. The lowest BCUT2D eigenvalue weighted by atomic mass is 9.99. The first-order valence-electron chi connectivity index (χ1n) is 24.6. The molecule has 0 aliphatic carbocycles. The third-order valence-electron chi connectivity index (χ3n) is 11.5. The highest BCUT2D eigenvalue weighted by Gasteiger charge is 2.19. The van der Waals surface area contributed by atoms with Crippen molar-refractivity contribution in [3.05, 3.63) is 0 Å². The van der Waals surface area contributed by atoms with Gasteiger partial charge in [0.25, 0.3) is 0 Å². The summed E-state index contributed by atoms with van der Waals surface area (Å²) in [6.45, 7) is 13.7. The van der Waals surface area contributed by atoms with Crippen LogP contribution in [0.2, 0.25) is 0 Å². The fourth-order valence-electron chi connectivity index (χ4n) is 7.38. The molecule has 0 radical (unpaired) electrons. The molecule has 0 fully saturated rings. The molecule has 0 saturated heterocycles. The van der Waals surface area contributed by atoms with Crippen molar-refractivity contribution in [1.29, 1.82) is 0 Å². The predicted molar refractivity (Wildman–Crippen MR) is 238 cm³/mol. The van der Waals surface area contributed by atoms with Crippen molar-refractivity contribution >= 4 is 17.9 Å². The minimum absolute atomic E-state index is 0.0658. The largest absolute Gasteiger partial charge is 0.462 e. The molecule has 332 valence electrons. The molecule has 0 heterocycles. The quantitative estimate of drug-likeness (QED) is 0.0348. The van der Waals surface area contributed by atoms with Crippen molar-refractivity contribution in [3.63, 3.8) is 0 Å². The van der Waals surface area contributed by atoms with Crippen LogP contribution in [0.3, 0.4) is 0 Å². The minimum Gasteiger partial charge on any atom is -0.462 e. The molecule has 0 aromatic carbocycles. The molecule has 2 atom stereocenters. The van der Waals surface area contributed by atoms with E-state index in [2.05, 4.69) is 41.5 Å². The maximum Gasteiger partial charge on any atom is 0.306 e. The van der Waals surface area contributed by atoms with E-state index in [0.29, 0.717) is 19.3 Å². The Labute approximate surface area is 348 Å². The normalized spacial score (nSPS) is 12.6. The van der Waals surface area contributed by atoms with Gasteiger partial charge in [-0.2, -0.15) is 0 Å². The van der Waals surface area contributed by atoms with E-state index in [4.69, 9.17) is 14.2 Å². The van der Waals surface area contributed by atoms with E-state index >= 15 is 0 Å². The molecular formula is C50H96O6. The van der Waals surface area contributed by atoms with Crippen LogP contribution in [0, 0.1) is 17.8 Å². The number of carbonyl (C=O) groups is 3. The van der Waals surface area contributed by atoms with E-state index in [9.17, 15) is 14.4 Å². The van der Waals surface area contributed by atoms with E-state index in [-0.39, 0.29) is 31.1 Å². The molecule has 56 heavy (non-hydrogen) atoms. The summed E-state index contributed by atoms with van der Waals surface area (Å²) in [4.78, 5) is 37.8. The van der Waals surface area contributed by atoms with E-state index in [1.54, 1.807) is 0 Å². The highest BCUT2D eigenvalue weighted by Crippen LogP contribution is 2.18. The summed E-state index contributed by atoms with van der Waals surface area (Å²) < 4.78 is 16.8. The van der Waals surface area contributed by atoms with Gasteiger partial charge in [-0.3, -0.25) is 14.4 Å². The maximum absolute atomic E-state index is 12.7. The first-order valence-corrected chi connectivity index (χ1v) is 24.6. The van der Waals surface area contributed by atoms with E-state index < -0.39 is 6.10 Å². The van der Waals surface area contributed by atoms with Gasteiger partial charge in [0.2, 0.25) is 0 Å². The molecule has 0 saturated carbocycles. The molecule has 0 rings (SSSR count). The Morgan fingerprint density at radius 2 is 0.625 bits per heavy atom. The first kappa shape index (κ1) is 54.4. The molecule has 1 unspecified atom stereocenters. The number of ether oxygens (including phenoxy) is 3. The van der Waals surface area contributed by atoms with Crippen LogP contribution in [0.4, 0.5) is 0 Å². The second kappa shape index (κ2) is 41.6. The Kier molecular flexibility index (Phi) is 40.4. The van der Waals surface area contributed by atoms with Crippen molar-refractivity contribution in [2.75, 3.05) is 13.2 Å². The summed E-state index contributed by atoms with van der Waals surface area (Å²) >= 11 is 0. The SMILES string of the molecule is CCC(C)CCCCCCCCCCC(=O)O[C@@H](COC(=O)CCCCCCCCCCCCCCCC(C)C)COC(=O)CCCCCCCCCC(C)C. The first-order chi connectivity index (χ1) is 27.1. The van der Waals surface area contributed by atoms with Crippen molar-refractivity contribution < 1.29 is 28.6 Å². The molecule has 6 nitrogen and oxygen atoms in total. The Bertz CT molecular complexity index is 870. The van der Waals surface area contributed by atoms with Gasteiger partial charge in [-0.25, -0.2) is 0 Å². The number of rotatable bonds is 43. The highest BCUT2D eigenvalue weighted by atomic mass is 16.6. The van der Waals surface area contributed by atoms with Crippen LogP contribution >= 0.6 is 0 Å². The van der Waals surface area contributed by atoms with Gasteiger partial charge in [0.05, 0.1) is 0 Å². The Balaban J connectivity index is 4.30. The summed E-state index contributed by atoms with van der Waals surface area (Å²) in [7, 11) is 0. The third kappa shape index (κ3) is 42.0. The molecule has 0 aromatic rings. The second-order valence-corrected chi connectivity index (χ2v) is 18.3. The summed E-state index contributed by atoms with van der Waals surface area (Å²) in [5, 5.41) is 0. The topological polar surface area (TPSA) is 78.9 Å². The monoisotopic (exact) mass is 793 g/mol. The van der Waals surface area contributed by atoms with Crippen molar-refractivity contribution in [2.24, 2.45) is 17.8 Å². The summed E-state index contributed by atoms with van der Waals surface area (Å²) in [5.41, 5.74) is 0. The zero-order chi connectivity index (χ0) is 41.3. The van der Waals surface area contributed by atoms with Gasteiger partial charge < -0.3 is 14.2 Å². The molecule has 0 N–H and O–H groups in total. The smallest absolute Gasteiger partial charge is 0.306 e. The van der Waals surface area contributed by atoms with Gasteiger partial charge in [0.1, 0.15) is 13.2 Å². The number of carbonyl (C=O) groups excluding carboxylic acids is 3. The van der Waals surface area contributed by atoms with Gasteiger partial charge in [-0.05, 0) is 37.0 Å². The average Bonchev–Trinajstić information content (AvgIpc) is 3.16. The van der Waals surface area contributed by atoms with Gasteiger partial charge in [0.15, 0.2) is 6.10 Å². The van der Waals surface area contributed by atoms with Crippen LogP contribution in [0.15, 0.2) is 0 Å². The highest BCUT2D eigenvalue weighted by molar-refractivity contribution is 5.71. The standard InChI is InChI=1S/C50H96O6/c1-7-46(6)38-32-26-20-15-16-22-29-35-41-50(53)56-47(43-55-49(52)40-34-28-23-17-19-25-31-37-45(4)5)42-54-48(51)39-33-27-21-14-12-10-8-9-11-13-18-24-30-36-44(2)3/h44-47H,7-43H2,1-6H3/t46?,47-/m0/s1. The van der Waals surface area contributed by atoms with Crippen LogP contribution in [0.5, 0.6) is 0 Å². The van der Waals surface area contributed by atoms with Gasteiger partial charge in [-0.1, -0.05) is 228 Å². The van der Waals surface area contributed by atoms with Crippen LogP contribution < -0.4 is 0 Å². The van der Waals surface area contributed by atoms with Crippen molar-refractivity contribution in [1.82, 2.24) is 0 Å². The Morgan fingerprint density at radius 3 is 0.929 bits per heavy atom. The fourth-order valence-corrected chi connectivity index (χ4v) is 7.38. The van der Waals surface area contributed by atoms with E-state index in [0.717, 1.165) is 75.5 Å². The second-order valence-electron chi connectivity index (χ2n) is 18.3. The van der Waals surface area contributed by atoms with Crippen LogP contribution in [-0.4, -0.2) is 37.2 Å². The molecule has 0 amide bonds. The van der Waals surface area contributed by atoms with Gasteiger partial charge >= 0.3 is 17.9 Å². The van der Waals surface area contributed by atoms with Crippen molar-refractivity contribution in [3.8, 4) is 0 Å². The molecular weight excluding hydrogens is 697 g/mol. The summed E-state index contributed by atoms with van der Waals surface area (Å²) in [6.07, 6.45) is 39.5. The lowest BCUT2D eigenvalue weighted by molar-refractivity contribution is -0.167.